The van der Waals surface area contributed by atoms with Crippen LogP contribution in [0.4, 0.5) is 4.39 Å². The van der Waals surface area contributed by atoms with Gasteiger partial charge in [0.2, 0.25) is 5.91 Å². The highest BCUT2D eigenvalue weighted by atomic mass is 35.5. The Morgan fingerprint density at radius 3 is 2.89 bits per heavy atom. The molecule has 8 nitrogen and oxygen atoms in total. The van der Waals surface area contributed by atoms with Crippen LogP contribution in [0.2, 0.25) is 5.02 Å². The average molecular weight is 513 g/mol. The Kier molecular flexibility index (Phi) is 6.93. The van der Waals surface area contributed by atoms with Crippen molar-refractivity contribution < 1.29 is 23.5 Å². The fraction of sp³-hybridized carbons (Fsp3) is 0.346. The minimum absolute atomic E-state index is 0.0832. The molecule has 3 aromatic rings. The second-order valence-electron chi connectivity index (χ2n) is 9.01. The van der Waals surface area contributed by atoms with E-state index >= 15 is 0 Å². The number of aromatic nitrogens is 2. The van der Waals surface area contributed by atoms with Crippen LogP contribution in [0, 0.1) is 11.7 Å². The predicted octanol–water partition coefficient (Wildman–Crippen LogP) is 3.57. The third-order valence-corrected chi connectivity index (χ3v) is 6.70. The van der Waals surface area contributed by atoms with Crippen LogP contribution in [0.15, 0.2) is 42.5 Å². The molecule has 1 atom stereocenters. The van der Waals surface area contributed by atoms with Gasteiger partial charge in [-0.2, -0.15) is 5.10 Å². The third-order valence-electron chi connectivity index (χ3n) is 6.47. The van der Waals surface area contributed by atoms with Gasteiger partial charge < -0.3 is 19.7 Å². The highest BCUT2D eigenvalue weighted by Gasteiger charge is 2.32. The van der Waals surface area contributed by atoms with Gasteiger partial charge in [0.1, 0.15) is 24.7 Å². The van der Waals surface area contributed by atoms with Gasteiger partial charge in [-0.1, -0.05) is 29.8 Å². The normalized spacial score (nSPS) is 16.1. The fourth-order valence-corrected chi connectivity index (χ4v) is 4.76. The number of nitrogens with zero attached hydrogens (tertiary/aromatic N) is 3. The van der Waals surface area contributed by atoms with E-state index in [2.05, 4.69) is 10.4 Å². The molecule has 1 unspecified atom stereocenters. The molecular weight excluding hydrogens is 487 g/mol. The second kappa shape index (κ2) is 10.3. The van der Waals surface area contributed by atoms with E-state index in [1.807, 2.05) is 0 Å². The van der Waals surface area contributed by atoms with Crippen molar-refractivity contribution in [2.24, 2.45) is 13.0 Å². The summed E-state index contributed by atoms with van der Waals surface area (Å²) in [6, 6.07) is 11.5. The summed E-state index contributed by atoms with van der Waals surface area (Å²) >= 11 is 6.21. The molecular formula is C26H26ClFN4O4. The van der Waals surface area contributed by atoms with Crippen molar-refractivity contribution in [1.29, 1.82) is 0 Å². The summed E-state index contributed by atoms with van der Waals surface area (Å²) in [5.41, 5.74) is 2.51. The smallest absolute Gasteiger partial charge is 0.275 e. The fourth-order valence-electron chi connectivity index (χ4n) is 4.59. The third kappa shape index (κ3) is 4.94. The Labute approximate surface area is 212 Å². The molecule has 1 aromatic heterocycles. The first-order chi connectivity index (χ1) is 17.4. The van der Waals surface area contributed by atoms with Crippen molar-refractivity contribution in [3.8, 4) is 17.0 Å². The molecule has 0 spiro atoms. The van der Waals surface area contributed by atoms with E-state index in [1.165, 1.54) is 11.0 Å². The predicted molar refractivity (Wildman–Crippen MR) is 131 cm³/mol. The molecule has 0 aliphatic carbocycles. The Bertz CT molecular complexity index is 1310. The van der Waals surface area contributed by atoms with Crippen LogP contribution in [0.25, 0.3) is 11.3 Å². The zero-order valence-electron chi connectivity index (χ0n) is 19.8. The van der Waals surface area contributed by atoms with Crippen molar-refractivity contribution in [2.75, 3.05) is 26.3 Å². The molecule has 10 heteroatoms. The molecule has 1 saturated heterocycles. The van der Waals surface area contributed by atoms with Gasteiger partial charge in [-0.05, 0) is 30.7 Å². The van der Waals surface area contributed by atoms with Crippen LogP contribution >= 0.6 is 11.6 Å². The Hall–Kier alpha value is -3.43. The van der Waals surface area contributed by atoms with Crippen molar-refractivity contribution in [2.45, 2.75) is 19.6 Å². The molecule has 0 saturated carbocycles. The average Bonchev–Trinajstić information content (AvgIpc) is 3.51. The topological polar surface area (TPSA) is 85.7 Å². The zero-order valence-corrected chi connectivity index (χ0v) is 20.6. The number of carbonyl (C=O) groups excluding carboxylic acids is 2. The maximum Gasteiger partial charge on any atom is 0.275 e. The Morgan fingerprint density at radius 1 is 1.28 bits per heavy atom. The molecule has 2 amide bonds. The number of nitrogens with one attached hydrogen (secondary N) is 1. The minimum atomic E-state index is -0.483. The maximum atomic E-state index is 14.5. The number of aryl methyl sites for hydroxylation is 1. The number of ether oxygens (including phenoxy) is 2. The van der Waals surface area contributed by atoms with Crippen molar-refractivity contribution in [3.63, 3.8) is 0 Å². The van der Waals surface area contributed by atoms with Crippen molar-refractivity contribution in [1.82, 2.24) is 20.0 Å². The van der Waals surface area contributed by atoms with Crippen LogP contribution < -0.4 is 10.1 Å². The highest BCUT2D eigenvalue weighted by molar-refractivity contribution is 6.31. The zero-order chi connectivity index (χ0) is 25.2. The number of rotatable bonds is 7. The molecule has 1 fully saturated rings. The van der Waals surface area contributed by atoms with Gasteiger partial charge in [0.15, 0.2) is 5.69 Å². The van der Waals surface area contributed by atoms with Crippen LogP contribution in [0.1, 0.15) is 28.0 Å². The number of fused-ring (bicyclic) bond motifs is 3. The number of benzene rings is 2. The summed E-state index contributed by atoms with van der Waals surface area (Å²) in [5.74, 6) is -0.369. The lowest BCUT2D eigenvalue weighted by Gasteiger charge is -2.23. The van der Waals surface area contributed by atoms with Crippen molar-refractivity contribution >= 4 is 23.4 Å². The van der Waals surface area contributed by atoms with Gasteiger partial charge >= 0.3 is 0 Å². The van der Waals surface area contributed by atoms with Gasteiger partial charge in [-0.15, -0.1) is 0 Å². The van der Waals surface area contributed by atoms with E-state index in [4.69, 9.17) is 21.1 Å². The van der Waals surface area contributed by atoms with E-state index in [0.29, 0.717) is 41.7 Å². The molecule has 0 radical (unpaired) electrons. The standard InChI is InChI=1S/C26H26ClFN4O4/c1-31-25-19-10-18(27)6-7-22(19)36-15-20(25)24(30-31)26(34)32(12-17-4-2-3-5-21(17)28)13-23(33)29-11-16-8-9-35-14-16/h2-7,10,16H,8-9,11-15H2,1H3,(H,29,33). The number of amides is 2. The highest BCUT2D eigenvalue weighted by Crippen LogP contribution is 2.40. The van der Waals surface area contributed by atoms with Crippen LogP contribution in [0.5, 0.6) is 5.75 Å². The Morgan fingerprint density at radius 2 is 2.11 bits per heavy atom. The lowest BCUT2D eigenvalue weighted by Crippen LogP contribution is -2.42. The van der Waals surface area contributed by atoms with Gasteiger partial charge in [0, 0.05) is 54.4 Å². The molecule has 36 heavy (non-hydrogen) atoms. The second-order valence-corrected chi connectivity index (χ2v) is 9.45. The van der Waals surface area contributed by atoms with Gasteiger partial charge in [-0.25, -0.2) is 4.39 Å². The summed E-state index contributed by atoms with van der Waals surface area (Å²) in [5, 5.41) is 7.89. The first-order valence-corrected chi connectivity index (χ1v) is 12.1. The number of hydrogen-bond donors (Lipinski definition) is 1. The summed E-state index contributed by atoms with van der Waals surface area (Å²) in [6.45, 7) is 1.56. The van der Waals surface area contributed by atoms with Gasteiger partial charge in [-0.3, -0.25) is 14.3 Å². The first kappa shape index (κ1) is 24.3. The largest absolute Gasteiger partial charge is 0.488 e. The molecule has 1 N–H and O–H groups in total. The van der Waals surface area contributed by atoms with Gasteiger partial charge in [0.05, 0.1) is 12.3 Å². The molecule has 2 aromatic carbocycles. The van der Waals surface area contributed by atoms with Crippen molar-refractivity contribution in [3.05, 3.63) is 70.1 Å². The van der Waals surface area contributed by atoms with Crippen LogP contribution in [-0.2, 0) is 29.7 Å². The van der Waals surface area contributed by atoms with E-state index in [-0.39, 0.29) is 37.2 Å². The number of hydrogen-bond acceptors (Lipinski definition) is 5. The Balaban J connectivity index is 1.43. The SMILES string of the molecule is Cn1nc(C(=O)N(CC(=O)NCC2CCOC2)Cc2ccccc2F)c2c1-c1cc(Cl)ccc1OC2. The van der Waals surface area contributed by atoms with Crippen LogP contribution in [-0.4, -0.2) is 52.8 Å². The van der Waals surface area contributed by atoms with E-state index in [1.54, 1.807) is 48.1 Å². The monoisotopic (exact) mass is 512 g/mol. The molecule has 5 rings (SSSR count). The molecule has 3 heterocycles. The maximum absolute atomic E-state index is 14.5. The lowest BCUT2D eigenvalue weighted by atomic mass is 10.0. The molecule has 2 aliphatic rings. The molecule has 188 valence electrons. The summed E-state index contributed by atoms with van der Waals surface area (Å²) in [6.07, 6.45) is 0.879. The summed E-state index contributed by atoms with van der Waals surface area (Å²) in [4.78, 5) is 27.9. The molecule has 2 aliphatic heterocycles. The van der Waals surface area contributed by atoms with E-state index in [9.17, 15) is 14.0 Å². The minimum Gasteiger partial charge on any atom is -0.488 e. The number of carbonyl (C=O) groups is 2. The quantitative estimate of drug-likeness (QED) is 0.523. The molecule has 0 bridgehead atoms. The summed E-state index contributed by atoms with van der Waals surface area (Å²) in [7, 11) is 1.74. The van der Waals surface area contributed by atoms with E-state index in [0.717, 1.165) is 17.7 Å². The number of halogens is 2. The van der Waals surface area contributed by atoms with Gasteiger partial charge in [0.25, 0.3) is 5.91 Å². The lowest BCUT2D eigenvalue weighted by molar-refractivity contribution is -0.122. The summed E-state index contributed by atoms with van der Waals surface area (Å²) < 4.78 is 27.3. The first-order valence-electron chi connectivity index (χ1n) is 11.8. The van der Waals surface area contributed by atoms with Crippen LogP contribution in [0.3, 0.4) is 0 Å². The van der Waals surface area contributed by atoms with E-state index < -0.39 is 11.7 Å².